The molecule has 2 rings (SSSR count). The van der Waals surface area contributed by atoms with Crippen LogP contribution in [0.4, 0.5) is 5.69 Å². The third-order valence-corrected chi connectivity index (χ3v) is 3.91. The van der Waals surface area contributed by atoms with E-state index in [1.54, 1.807) is 30.3 Å². The van der Waals surface area contributed by atoms with E-state index in [1.165, 1.54) is 6.08 Å². The summed E-state index contributed by atoms with van der Waals surface area (Å²) >= 11 is 12.3. The first-order valence-electron chi connectivity index (χ1n) is 7.67. The van der Waals surface area contributed by atoms with Gasteiger partial charge in [0.05, 0.1) is 10.0 Å². The molecule has 0 radical (unpaired) electrons. The molecule has 0 saturated heterocycles. The summed E-state index contributed by atoms with van der Waals surface area (Å²) in [7, 11) is 0. The van der Waals surface area contributed by atoms with Crippen molar-refractivity contribution >= 4 is 40.9 Å². The molecular formula is C20H16Cl2N2O2. The maximum Gasteiger partial charge on any atom is 0.266 e. The van der Waals surface area contributed by atoms with E-state index in [9.17, 15) is 10.1 Å². The van der Waals surface area contributed by atoms with Crippen LogP contribution >= 0.6 is 23.2 Å². The number of aryl methyl sites for hydroxylation is 1. The number of nitrogens with zero attached hydrogens (tertiary/aromatic N) is 1. The molecule has 26 heavy (non-hydrogen) atoms. The van der Waals surface area contributed by atoms with Gasteiger partial charge in [-0.05, 0) is 42.8 Å². The van der Waals surface area contributed by atoms with Gasteiger partial charge in [0.25, 0.3) is 5.91 Å². The van der Waals surface area contributed by atoms with E-state index in [0.717, 1.165) is 5.56 Å². The number of amides is 1. The van der Waals surface area contributed by atoms with Crippen LogP contribution in [-0.2, 0) is 4.79 Å². The molecule has 0 atom stereocenters. The maximum atomic E-state index is 12.3. The van der Waals surface area contributed by atoms with E-state index < -0.39 is 5.91 Å². The number of benzene rings is 2. The highest BCUT2D eigenvalue weighted by Crippen LogP contribution is 2.35. The van der Waals surface area contributed by atoms with Crippen LogP contribution in [0.1, 0.15) is 11.1 Å². The van der Waals surface area contributed by atoms with Gasteiger partial charge in [-0.1, -0.05) is 53.6 Å². The van der Waals surface area contributed by atoms with Gasteiger partial charge in [0.2, 0.25) is 0 Å². The molecular weight excluding hydrogens is 371 g/mol. The van der Waals surface area contributed by atoms with E-state index in [4.69, 9.17) is 27.9 Å². The van der Waals surface area contributed by atoms with E-state index in [0.29, 0.717) is 17.0 Å². The highest BCUT2D eigenvalue weighted by molar-refractivity contribution is 6.37. The number of nitrogens with one attached hydrogen (secondary N) is 1. The Kier molecular flexibility index (Phi) is 6.85. The van der Waals surface area contributed by atoms with Gasteiger partial charge >= 0.3 is 0 Å². The van der Waals surface area contributed by atoms with Crippen molar-refractivity contribution in [3.63, 3.8) is 0 Å². The van der Waals surface area contributed by atoms with Crippen molar-refractivity contribution in [2.24, 2.45) is 0 Å². The molecule has 6 heteroatoms. The lowest BCUT2D eigenvalue weighted by molar-refractivity contribution is -0.112. The smallest absolute Gasteiger partial charge is 0.266 e. The predicted octanol–water partition coefficient (Wildman–Crippen LogP) is 5.41. The van der Waals surface area contributed by atoms with Crippen molar-refractivity contribution in [2.45, 2.75) is 6.92 Å². The van der Waals surface area contributed by atoms with Crippen molar-refractivity contribution in [1.29, 1.82) is 5.26 Å². The lowest BCUT2D eigenvalue weighted by atomic mass is 10.1. The fourth-order valence-electron chi connectivity index (χ4n) is 2.09. The molecule has 0 aliphatic heterocycles. The lowest BCUT2D eigenvalue weighted by Crippen LogP contribution is -2.13. The second-order valence-corrected chi connectivity index (χ2v) is 6.22. The van der Waals surface area contributed by atoms with Crippen LogP contribution in [0.25, 0.3) is 6.08 Å². The Morgan fingerprint density at radius 2 is 1.88 bits per heavy atom. The molecule has 0 saturated carbocycles. The number of hydrogen-bond acceptors (Lipinski definition) is 3. The lowest BCUT2D eigenvalue weighted by Gasteiger charge is -2.09. The van der Waals surface area contributed by atoms with Crippen LogP contribution in [-0.4, -0.2) is 12.5 Å². The predicted molar refractivity (Wildman–Crippen MR) is 106 cm³/mol. The first-order chi connectivity index (χ1) is 12.4. The molecule has 0 heterocycles. The van der Waals surface area contributed by atoms with Crippen LogP contribution in [0, 0.1) is 18.3 Å². The Morgan fingerprint density at radius 3 is 2.42 bits per heavy atom. The number of carbonyl (C=O) groups is 1. The zero-order valence-corrected chi connectivity index (χ0v) is 15.6. The number of halogens is 2. The Balaban J connectivity index is 2.24. The van der Waals surface area contributed by atoms with Crippen LogP contribution in [0.3, 0.4) is 0 Å². The van der Waals surface area contributed by atoms with Gasteiger partial charge in [0, 0.05) is 5.69 Å². The molecule has 132 valence electrons. The van der Waals surface area contributed by atoms with E-state index >= 15 is 0 Å². The number of anilines is 1. The van der Waals surface area contributed by atoms with Crippen LogP contribution < -0.4 is 10.1 Å². The van der Waals surface area contributed by atoms with Crippen LogP contribution in [0.5, 0.6) is 5.75 Å². The minimum Gasteiger partial charge on any atom is -0.486 e. The largest absolute Gasteiger partial charge is 0.486 e. The summed E-state index contributed by atoms with van der Waals surface area (Å²) < 4.78 is 5.39. The summed E-state index contributed by atoms with van der Waals surface area (Å²) in [6.45, 7) is 5.77. The van der Waals surface area contributed by atoms with Gasteiger partial charge < -0.3 is 10.1 Å². The minimum atomic E-state index is -0.518. The molecule has 0 unspecified atom stereocenters. The fourth-order valence-corrected chi connectivity index (χ4v) is 2.71. The standard InChI is InChI=1S/C20H16Cl2N2O2/c1-3-8-26-19-17(21)10-14(11-18(19)22)9-15(12-23)20(25)24-16-6-4-13(2)5-7-16/h3-7,9-11H,1,8H2,2H3,(H,24,25)/b15-9-. The number of carbonyl (C=O) groups excluding carboxylic acids is 1. The van der Waals surface area contributed by atoms with Crippen LogP contribution in [0.15, 0.2) is 54.6 Å². The topological polar surface area (TPSA) is 62.1 Å². The van der Waals surface area contributed by atoms with Gasteiger partial charge in [0.15, 0.2) is 5.75 Å². The molecule has 0 fully saturated rings. The molecule has 4 nitrogen and oxygen atoms in total. The molecule has 0 spiro atoms. The van der Waals surface area contributed by atoms with Crippen LogP contribution in [0.2, 0.25) is 10.0 Å². The quantitative estimate of drug-likeness (QED) is 0.409. The zero-order valence-electron chi connectivity index (χ0n) is 14.1. The highest BCUT2D eigenvalue weighted by atomic mass is 35.5. The second-order valence-electron chi connectivity index (χ2n) is 5.40. The Labute approximate surface area is 162 Å². The normalized spacial score (nSPS) is 10.8. The molecule has 0 aromatic heterocycles. The first kappa shape index (κ1) is 19.6. The molecule has 1 amide bonds. The number of rotatable bonds is 6. The Morgan fingerprint density at radius 1 is 1.27 bits per heavy atom. The second kappa shape index (κ2) is 9.10. The minimum absolute atomic E-state index is 0.0718. The van der Waals surface area contributed by atoms with E-state index in [1.807, 2.05) is 25.1 Å². The Hall–Kier alpha value is -2.74. The van der Waals surface area contributed by atoms with Gasteiger partial charge in [-0.3, -0.25) is 4.79 Å². The van der Waals surface area contributed by atoms with Gasteiger partial charge in [-0.2, -0.15) is 5.26 Å². The molecule has 1 N–H and O–H groups in total. The van der Waals surface area contributed by atoms with E-state index in [2.05, 4.69) is 11.9 Å². The Bertz CT molecular complexity index is 874. The average Bonchev–Trinajstić information content (AvgIpc) is 2.61. The summed E-state index contributed by atoms with van der Waals surface area (Å²) in [4.78, 5) is 12.3. The number of nitriles is 1. The number of ether oxygens (including phenoxy) is 1. The maximum absolute atomic E-state index is 12.3. The molecule has 2 aromatic carbocycles. The van der Waals surface area contributed by atoms with E-state index in [-0.39, 0.29) is 22.2 Å². The highest BCUT2D eigenvalue weighted by Gasteiger charge is 2.12. The summed E-state index contributed by atoms with van der Waals surface area (Å²) in [6, 6.07) is 12.3. The molecule has 0 aliphatic carbocycles. The fraction of sp³-hybridized carbons (Fsp3) is 0.100. The van der Waals surface area contributed by atoms with Crippen molar-refractivity contribution in [1.82, 2.24) is 0 Å². The first-order valence-corrected chi connectivity index (χ1v) is 8.42. The van der Waals surface area contributed by atoms with Crippen molar-refractivity contribution in [3.8, 4) is 11.8 Å². The van der Waals surface area contributed by atoms with Crippen molar-refractivity contribution in [3.05, 3.63) is 75.8 Å². The monoisotopic (exact) mass is 386 g/mol. The van der Waals surface area contributed by atoms with Crippen molar-refractivity contribution < 1.29 is 9.53 Å². The number of hydrogen-bond donors (Lipinski definition) is 1. The SMILES string of the molecule is C=CCOc1c(Cl)cc(/C=C(/C#N)C(=O)Nc2ccc(C)cc2)cc1Cl. The summed E-state index contributed by atoms with van der Waals surface area (Å²) in [6.07, 6.45) is 2.99. The molecule has 2 aromatic rings. The van der Waals surface area contributed by atoms with Gasteiger partial charge in [-0.15, -0.1) is 0 Å². The average molecular weight is 387 g/mol. The summed E-state index contributed by atoms with van der Waals surface area (Å²) in [5.74, 6) is -0.191. The summed E-state index contributed by atoms with van der Waals surface area (Å²) in [5, 5.41) is 12.5. The third-order valence-electron chi connectivity index (χ3n) is 3.35. The summed E-state index contributed by atoms with van der Waals surface area (Å²) in [5.41, 5.74) is 2.12. The van der Waals surface area contributed by atoms with Crippen molar-refractivity contribution in [2.75, 3.05) is 11.9 Å². The molecule has 0 aliphatic rings. The molecule has 0 bridgehead atoms. The van der Waals surface area contributed by atoms with Gasteiger partial charge in [-0.25, -0.2) is 0 Å². The zero-order chi connectivity index (χ0) is 19.1. The van der Waals surface area contributed by atoms with Gasteiger partial charge in [0.1, 0.15) is 18.2 Å². The third kappa shape index (κ3) is 5.13.